The lowest BCUT2D eigenvalue weighted by molar-refractivity contribution is -0.385. The molecule has 2 heterocycles. The van der Waals surface area contributed by atoms with Gasteiger partial charge < -0.3 is 10.3 Å². The van der Waals surface area contributed by atoms with Crippen LogP contribution in [0.3, 0.4) is 0 Å². The smallest absolute Gasteiger partial charge is 0.283 e. The minimum absolute atomic E-state index is 0. The van der Waals surface area contributed by atoms with Gasteiger partial charge >= 0.3 is 0 Å². The lowest BCUT2D eigenvalue weighted by atomic mass is 9.77. The maximum absolute atomic E-state index is 10.8. The van der Waals surface area contributed by atoms with Gasteiger partial charge in [-0.1, -0.05) is 5.16 Å². The molecule has 0 spiro atoms. The molecule has 1 saturated carbocycles. The molecule has 0 unspecified atom stereocenters. The second kappa shape index (κ2) is 5.12. The van der Waals surface area contributed by atoms with Crippen LogP contribution in [-0.2, 0) is 5.54 Å². The van der Waals surface area contributed by atoms with Crippen molar-refractivity contribution in [2.24, 2.45) is 5.73 Å². The van der Waals surface area contributed by atoms with Crippen LogP contribution in [0.4, 0.5) is 5.69 Å². The van der Waals surface area contributed by atoms with E-state index in [9.17, 15) is 10.1 Å². The van der Waals surface area contributed by atoms with Gasteiger partial charge in [0.15, 0.2) is 5.82 Å². The van der Waals surface area contributed by atoms with Gasteiger partial charge in [0.1, 0.15) is 0 Å². The van der Waals surface area contributed by atoms with Crippen LogP contribution in [0.1, 0.15) is 30.0 Å². The number of nitrogens with zero attached hydrogens (tertiary/aromatic N) is 3. The summed E-state index contributed by atoms with van der Waals surface area (Å²) in [5.41, 5.74) is 5.70. The van der Waals surface area contributed by atoms with Crippen molar-refractivity contribution in [1.29, 1.82) is 0 Å². The summed E-state index contributed by atoms with van der Waals surface area (Å²) in [5.74, 6) is 0.787. The molecule has 7 nitrogen and oxygen atoms in total. The first-order valence-corrected chi connectivity index (χ1v) is 6.69. The first-order chi connectivity index (χ1) is 8.99. The van der Waals surface area contributed by atoms with E-state index in [2.05, 4.69) is 10.1 Å². The molecule has 1 aliphatic carbocycles. The van der Waals surface area contributed by atoms with E-state index in [1.54, 1.807) is 6.92 Å². The number of nitrogens with two attached hydrogens (primary N) is 1. The number of nitro groups is 1. The Labute approximate surface area is 124 Å². The fourth-order valence-electron chi connectivity index (χ4n) is 2.07. The van der Waals surface area contributed by atoms with E-state index in [4.69, 9.17) is 10.3 Å². The Hall–Kier alpha value is -1.51. The molecule has 108 valence electrons. The molecule has 2 aromatic heterocycles. The Kier molecular flexibility index (Phi) is 3.81. The summed E-state index contributed by atoms with van der Waals surface area (Å²) >= 11 is 1.27. The van der Waals surface area contributed by atoms with Crippen LogP contribution >= 0.6 is 23.7 Å². The zero-order chi connectivity index (χ0) is 13.6. The molecule has 0 amide bonds. The van der Waals surface area contributed by atoms with Crippen molar-refractivity contribution >= 4 is 29.4 Å². The topological polar surface area (TPSA) is 108 Å². The van der Waals surface area contributed by atoms with Crippen LogP contribution < -0.4 is 5.73 Å². The van der Waals surface area contributed by atoms with Gasteiger partial charge in [-0.3, -0.25) is 10.1 Å². The Morgan fingerprint density at radius 2 is 2.25 bits per heavy atom. The molecular formula is C11H13ClN4O3S. The Morgan fingerprint density at radius 3 is 2.75 bits per heavy atom. The highest BCUT2D eigenvalue weighted by Gasteiger charge is 2.39. The number of thiophene rings is 1. The third-order valence-electron chi connectivity index (χ3n) is 3.42. The van der Waals surface area contributed by atoms with Crippen molar-refractivity contribution in [3.63, 3.8) is 0 Å². The van der Waals surface area contributed by atoms with Gasteiger partial charge in [0.25, 0.3) is 11.6 Å². The van der Waals surface area contributed by atoms with Gasteiger partial charge in [0.05, 0.1) is 20.2 Å². The molecule has 0 aromatic carbocycles. The SMILES string of the molecule is Cc1sc(-c2nc(C3(N)CCC3)no2)cc1[N+](=O)[O-].Cl. The monoisotopic (exact) mass is 316 g/mol. The van der Waals surface area contributed by atoms with Crippen molar-refractivity contribution in [3.8, 4) is 10.8 Å². The Balaban J connectivity index is 0.00000147. The molecule has 0 saturated heterocycles. The second-order valence-electron chi connectivity index (χ2n) is 4.74. The highest BCUT2D eigenvalue weighted by Crippen LogP contribution is 2.39. The van der Waals surface area contributed by atoms with E-state index in [0.717, 1.165) is 19.3 Å². The average Bonchev–Trinajstić information content (AvgIpc) is 2.91. The van der Waals surface area contributed by atoms with Gasteiger partial charge in [0.2, 0.25) is 0 Å². The van der Waals surface area contributed by atoms with Crippen LogP contribution in [0.2, 0.25) is 0 Å². The van der Waals surface area contributed by atoms with Crippen LogP contribution in [0, 0.1) is 17.0 Å². The van der Waals surface area contributed by atoms with E-state index in [-0.39, 0.29) is 18.1 Å². The summed E-state index contributed by atoms with van der Waals surface area (Å²) in [6.07, 6.45) is 2.75. The number of halogens is 1. The summed E-state index contributed by atoms with van der Waals surface area (Å²) in [5, 5.41) is 14.7. The predicted octanol–water partition coefficient (Wildman–Crippen LogP) is 2.77. The molecule has 1 fully saturated rings. The zero-order valence-electron chi connectivity index (χ0n) is 10.7. The van der Waals surface area contributed by atoms with Crippen LogP contribution in [0.25, 0.3) is 10.8 Å². The molecule has 9 heteroatoms. The van der Waals surface area contributed by atoms with Crippen LogP contribution in [-0.4, -0.2) is 15.1 Å². The first kappa shape index (κ1) is 14.9. The maximum atomic E-state index is 10.8. The van der Waals surface area contributed by atoms with Crippen LogP contribution in [0.15, 0.2) is 10.6 Å². The molecule has 0 bridgehead atoms. The van der Waals surface area contributed by atoms with Crippen molar-refractivity contribution in [3.05, 3.63) is 26.9 Å². The van der Waals surface area contributed by atoms with E-state index in [0.29, 0.717) is 21.5 Å². The third kappa shape index (κ3) is 2.30. The molecule has 1 aliphatic rings. The number of aromatic nitrogens is 2. The molecule has 3 rings (SSSR count). The van der Waals surface area contributed by atoms with Crippen molar-refractivity contribution in [2.75, 3.05) is 0 Å². The molecule has 0 atom stereocenters. The van der Waals surface area contributed by atoms with Gasteiger partial charge in [-0.15, -0.1) is 23.7 Å². The highest BCUT2D eigenvalue weighted by molar-refractivity contribution is 7.15. The number of rotatable bonds is 3. The predicted molar refractivity (Wildman–Crippen MR) is 76.0 cm³/mol. The van der Waals surface area contributed by atoms with E-state index in [1.807, 2.05) is 0 Å². The fraction of sp³-hybridized carbons (Fsp3) is 0.455. The Morgan fingerprint density at radius 1 is 1.55 bits per heavy atom. The summed E-state index contributed by atoms with van der Waals surface area (Å²) < 4.78 is 5.17. The number of aryl methyl sites for hydroxylation is 1. The summed E-state index contributed by atoms with van der Waals surface area (Å²) in [6, 6.07) is 1.46. The fourth-order valence-corrected chi connectivity index (χ4v) is 2.97. The number of hydrogen-bond donors (Lipinski definition) is 1. The summed E-state index contributed by atoms with van der Waals surface area (Å²) in [6.45, 7) is 1.69. The lowest BCUT2D eigenvalue weighted by Gasteiger charge is -2.34. The zero-order valence-corrected chi connectivity index (χ0v) is 12.3. The normalized spacial score (nSPS) is 16.3. The maximum Gasteiger partial charge on any atom is 0.283 e. The first-order valence-electron chi connectivity index (χ1n) is 5.88. The minimum Gasteiger partial charge on any atom is -0.333 e. The molecule has 2 aromatic rings. The lowest BCUT2D eigenvalue weighted by Crippen LogP contribution is -2.44. The van der Waals surface area contributed by atoms with Gasteiger partial charge in [-0.25, -0.2) is 0 Å². The van der Waals surface area contributed by atoms with Crippen molar-refractivity contribution in [2.45, 2.75) is 31.7 Å². The third-order valence-corrected chi connectivity index (χ3v) is 4.44. The number of hydrogen-bond acceptors (Lipinski definition) is 7. The quantitative estimate of drug-likeness (QED) is 0.689. The van der Waals surface area contributed by atoms with Gasteiger partial charge in [-0.2, -0.15) is 4.98 Å². The minimum atomic E-state index is -0.486. The molecular weight excluding hydrogens is 304 g/mol. The molecule has 2 N–H and O–H groups in total. The van der Waals surface area contributed by atoms with E-state index in [1.165, 1.54) is 17.4 Å². The van der Waals surface area contributed by atoms with Gasteiger partial charge in [-0.05, 0) is 26.2 Å². The largest absolute Gasteiger partial charge is 0.333 e. The van der Waals surface area contributed by atoms with Crippen molar-refractivity contribution < 1.29 is 9.45 Å². The molecule has 20 heavy (non-hydrogen) atoms. The van der Waals surface area contributed by atoms with Gasteiger partial charge in [0, 0.05) is 6.07 Å². The Bertz CT molecular complexity index is 650. The molecule has 0 radical (unpaired) electrons. The standard InChI is InChI=1S/C11H12N4O3S.ClH/c1-6-7(15(16)17)5-8(19-6)9-13-10(14-18-9)11(12)3-2-4-11;/h5H,2-4,12H2,1H3;1H. The second-order valence-corrected chi connectivity index (χ2v) is 6.00. The van der Waals surface area contributed by atoms with Crippen molar-refractivity contribution in [1.82, 2.24) is 10.1 Å². The molecule has 0 aliphatic heterocycles. The van der Waals surface area contributed by atoms with Crippen LogP contribution in [0.5, 0.6) is 0 Å². The average molecular weight is 317 g/mol. The summed E-state index contributed by atoms with van der Waals surface area (Å²) in [4.78, 5) is 15.9. The summed E-state index contributed by atoms with van der Waals surface area (Å²) in [7, 11) is 0. The highest BCUT2D eigenvalue weighted by atomic mass is 35.5. The van der Waals surface area contributed by atoms with E-state index >= 15 is 0 Å². The van der Waals surface area contributed by atoms with E-state index < -0.39 is 10.5 Å².